The van der Waals surface area contributed by atoms with Crippen LogP contribution in [0, 0.1) is 11.6 Å². The standard InChI is InChI=1S/C11H13F2NO2S/c1-17(15,16)10-5-8(12)7(4-9(10)13)6-11(14)2-3-11/h4-5H,2-3,6,14H2,1H3. The van der Waals surface area contributed by atoms with Crippen LogP contribution in [0.4, 0.5) is 8.78 Å². The van der Waals surface area contributed by atoms with Gasteiger partial charge in [-0.05, 0) is 37.0 Å². The van der Waals surface area contributed by atoms with Crippen molar-refractivity contribution in [3.8, 4) is 0 Å². The van der Waals surface area contributed by atoms with E-state index in [4.69, 9.17) is 5.73 Å². The molecule has 0 bridgehead atoms. The number of nitrogens with two attached hydrogens (primary N) is 1. The molecule has 1 aliphatic rings. The predicted molar refractivity (Wildman–Crippen MR) is 59.3 cm³/mol. The first kappa shape index (κ1) is 12.4. The van der Waals surface area contributed by atoms with Crippen LogP contribution in [0.25, 0.3) is 0 Å². The van der Waals surface area contributed by atoms with Crippen LogP contribution in [0.15, 0.2) is 17.0 Å². The Labute approximate surface area is 98.5 Å². The average Bonchev–Trinajstić information content (AvgIpc) is 2.87. The van der Waals surface area contributed by atoms with Crippen LogP contribution in [0.1, 0.15) is 18.4 Å². The fourth-order valence-electron chi connectivity index (χ4n) is 1.71. The Balaban J connectivity index is 2.41. The van der Waals surface area contributed by atoms with E-state index in [-0.39, 0.29) is 12.0 Å². The van der Waals surface area contributed by atoms with Crippen molar-refractivity contribution >= 4 is 9.84 Å². The van der Waals surface area contributed by atoms with Gasteiger partial charge in [-0.3, -0.25) is 0 Å². The van der Waals surface area contributed by atoms with Crippen LogP contribution in [-0.4, -0.2) is 20.2 Å². The van der Waals surface area contributed by atoms with E-state index >= 15 is 0 Å². The molecule has 0 spiro atoms. The molecule has 0 heterocycles. The van der Waals surface area contributed by atoms with E-state index in [9.17, 15) is 17.2 Å². The molecule has 0 saturated heterocycles. The van der Waals surface area contributed by atoms with Gasteiger partial charge in [-0.25, -0.2) is 17.2 Å². The zero-order valence-corrected chi connectivity index (χ0v) is 10.2. The maximum Gasteiger partial charge on any atom is 0.178 e. The number of hydrogen-bond donors (Lipinski definition) is 1. The lowest BCUT2D eigenvalue weighted by molar-refractivity contribution is 0.538. The zero-order valence-electron chi connectivity index (χ0n) is 9.33. The number of halogens is 2. The van der Waals surface area contributed by atoms with Gasteiger partial charge in [0.15, 0.2) is 9.84 Å². The summed E-state index contributed by atoms with van der Waals surface area (Å²) in [6.07, 6.45) is 2.64. The van der Waals surface area contributed by atoms with Crippen LogP contribution in [0.3, 0.4) is 0 Å². The van der Waals surface area contributed by atoms with Crippen molar-refractivity contribution in [1.29, 1.82) is 0 Å². The summed E-state index contributed by atoms with van der Waals surface area (Å²) >= 11 is 0. The summed E-state index contributed by atoms with van der Waals surface area (Å²) in [7, 11) is -3.75. The van der Waals surface area contributed by atoms with Crippen molar-refractivity contribution in [1.82, 2.24) is 0 Å². The first-order valence-electron chi connectivity index (χ1n) is 5.18. The summed E-state index contributed by atoms with van der Waals surface area (Å²) in [6.45, 7) is 0. The van der Waals surface area contributed by atoms with Crippen molar-refractivity contribution in [3.05, 3.63) is 29.3 Å². The lowest BCUT2D eigenvalue weighted by Gasteiger charge is -2.11. The number of sulfone groups is 1. The van der Waals surface area contributed by atoms with E-state index in [0.717, 1.165) is 31.2 Å². The molecule has 1 saturated carbocycles. The Kier molecular flexibility index (Phi) is 2.74. The maximum absolute atomic E-state index is 13.6. The number of hydrogen-bond acceptors (Lipinski definition) is 3. The van der Waals surface area contributed by atoms with E-state index in [1.165, 1.54) is 0 Å². The third-order valence-corrected chi connectivity index (χ3v) is 4.05. The third-order valence-electron chi connectivity index (χ3n) is 2.94. The molecule has 1 aromatic carbocycles. The molecule has 0 amide bonds. The largest absolute Gasteiger partial charge is 0.325 e. The molecule has 0 atom stereocenters. The lowest BCUT2D eigenvalue weighted by atomic mass is 10.0. The fraction of sp³-hybridized carbons (Fsp3) is 0.455. The van der Waals surface area contributed by atoms with E-state index in [2.05, 4.69) is 0 Å². The molecule has 0 aromatic heterocycles. The number of rotatable bonds is 3. The van der Waals surface area contributed by atoms with E-state index in [0.29, 0.717) is 0 Å². The predicted octanol–water partition coefficient (Wildman–Crippen LogP) is 1.40. The Morgan fingerprint density at radius 2 is 1.88 bits per heavy atom. The zero-order chi connectivity index (χ0) is 12.8. The fourth-order valence-corrected chi connectivity index (χ4v) is 2.44. The van der Waals surface area contributed by atoms with Gasteiger partial charge in [-0.15, -0.1) is 0 Å². The summed E-state index contributed by atoms with van der Waals surface area (Å²) in [5.74, 6) is -1.64. The Hall–Kier alpha value is -1.01. The molecule has 0 radical (unpaired) electrons. The maximum atomic E-state index is 13.6. The topological polar surface area (TPSA) is 60.2 Å². The Morgan fingerprint density at radius 1 is 1.29 bits per heavy atom. The Bertz CT molecular complexity index is 565. The lowest BCUT2D eigenvalue weighted by Crippen LogP contribution is -2.25. The van der Waals surface area contributed by atoms with Crippen molar-refractivity contribution in [2.24, 2.45) is 5.73 Å². The van der Waals surface area contributed by atoms with Gasteiger partial charge in [-0.2, -0.15) is 0 Å². The van der Waals surface area contributed by atoms with Crippen molar-refractivity contribution in [3.63, 3.8) is 0 Å². The van der Waals surface area contributed by atoms with Gasteiger partial charge in [0.25, 0.3) is 0 Å². The van der Waals surface area contributed by atoms with Crippen LogP contribution in [-0.2, 0) is 16.3 Å². The van der Waals surface area contributed by atoms with Gasteiger partial charge in [0.2, 0.25) is 0 Å². The highest BCUT2D eigenvalue weighted by molar-refractivity contribution is 7.90. The van der Waals surface area contributed by atoms with E-state index in [1.807, 2.05) is 0 Å². The summed E-state index contributed by atoms with van der Waals surface area (Å²) in [5, 5.41) is 0. The first-order valence-corrected chi connectivity index (χ1v) is 7.07. The average molecular weight is 261 g/mol. The molecular formula is C11H13F2NO2S. The molecule has 3 nitrogen and oxygen atoms in total. The molecule has 17 heavy (non-hydrogen) atoms. The van der Waals surface area contributed by atoms with Gasteiger partial charge in [-0.1, -0.05) is 0 Å². The second kappa shape index (κ2) is 3.74. The highest BCUT2D eigenvalue weighted by atomic mass is 32.2. The minimum absolute atomic E-state index is 0.134. The minimum Gasteiger partial charge on any atom is -0.325 e. The molecule has 1 aliphatic carbocycles. The number of benzene rings is 1. The van der Waals surface area contributed by atoms with Crippen LogP contribution < -0.4 is 5.73 Å². The highest BCUT2D eigenvalue weighted by Crippen LogP contribution is 2.36. The highest BCUT2D eigenvalue weighted by Gasteiger charge is 2.39. The first-order chi connectivity index (χ1) is 7.71. The molecule has 2 rings (SSSR count). The molecule has 0 unspecified atom stereocenters. The van der Waals surface area contributed by atoms with Crippen molar-refractivity contribution < 1.29 is 17.2 Å². The molecule has 6 heteroatoms. The van der Waals surface area contributed by atoms with Gasteiger partial charge >= 0.3 is 0 Å². The smallest absolute Gasteiger partial charge is 0.178 e. The van der Waals surface area contributed by atoms with Gasteiger partial charge in [0.05, 0.1) is 0 Å². The quantitative estimate of drug-likeness (QED) is 0.894. The normalized spacial score (nSPS) is 18.1. The molecule has 0 aliphatic heterocycles. The van der Waals surface area contributed by atoms with E-state index in [1.54, 1.807) is 0 Å². The summed E-state index contributed by atoms with van der Waals surface area (Å²) < 4.78 is 49.5. The summed E-state index contributed by atoms with van der Waals surface area (Å²) in [4.78, 5) is -0.611. The van der Waals surface area contributed by atoms with Gasteiger partial charge in [0.1, 0.15) is 16.5 Å². The van der Waals surface area contributed by atoms with Crippen molar-refractivity contribution in [2.45, 2.75) is 29.7 Å². The summed E-state index contributed by atoms with van der Waals surface area (Å²) in [6, 6.07) is 1.66. The molecule has 1 aromatic rings. The third kappa shape index (κ3) is 2.63. The molecule has 2 N–H and O–H groups in total. The second-order valence-corrected chi connectivity index (χ2v) is 6.67. The van der Waals surface area contributed by atoms with E-state index < -0.39 is 31.9 Å². The second-order valence-electron chi connectivity index (χ2n) is 4.69. The Morgan fingerprint density at radius 3 is 2.35 bits per heavy atom. The molecular weight excluding hydrogens is 248 g/mol. The van der Waals surface area contributed by atoms with Crippen LogP contribution in [0.5, 0.6) is 0 Å². The molecule has 1 fully saturated rings. The van der Waals surface area contributed by atoms with Crippen molar-refractivity contribution in [2.75, 3.05) is 6.26 Å². The minimum atomic E-state index is -3.75. The monoisotopic (exact) mass is 261 g/mol. The summed E-state index contributed by atoms with van der Waals surface area (Å²) in [5.41, 5.74) is 5.50. The van der Waals surface area contributed by atoms with Gasteiger partial charge in [0, 0.05) is 11.8 Å². The van der Waals surface area contributed by atoms with Crippen LogP contribution in [0.2, 0.25) is 0 Å². The van der Waals surface area contributed by atoms with Crippen LogP contribution >= 0.6 is 0 Å². The van der Waals surface area contributed by atoms with Gasteiger partial charge < -0.3 is 5.73 Å². The molecule has 94 valence electrons. The SMILES string of the molecule is CS(=O)(=O)c1cc(F)c(CC2(N)CC2)cc1F.